The van der Waals surface area contributed by atoms with Gasteiger partial charge in [-0.2, -0.15) is 20.1 Å². The standard InChI is InChI=1S/C28H25BrN8O/c29-21-11-12-25-24(17-21)20(18-30-25)19-31-35-26-32-27(36-13-15-38-16-14-36)34-28(33-26)37(22-7-3-1-4-8-22)23-9-5-2-6-10-23/h1-12,17-19,30H,13-16H2,(H,32,33,34,35)/b31-19+. The molecular weight excluding hydrogens is 544 g/mol. The number of hydrazone groups is 1. The Morgan fingerprint density at radius 1 is 0.921 bits per heavy atom. The van der Waals surface area contributed by atoms with Gasteiger partial charge in [-0.1, -0.05) is 52.3 Å². The second kappa shape index (κ2) is 11.0. The van der Waals surface area contributed by atoms with Gasteiger partial charge in [-0.25, -0.2) is 5.43 Å². The normalized spacial score (nSPS) is 13.8. The number of H-pyrrole nitrogens is 1. The van der Waals surface area contributed by atoms with Crippen LogP contribution in [0.3, 0.4) is 0 Å². The Hall–Kier alpha value is -4.28. The summed E-state index contributed by atoms with van der Waals surface area (Å²) in [4.78, 5) is 21.8. The van der Waals surface area contributed by atoms with Crippen LogP contribution in [0.25, 0.3) is 10.9 Å². The zero-order valence-corrected chi connectivity index (χ0v) is 22.0. The Labute approximate surface area is 228 Å². The maximum absolute atomic E-state index is 5.55. The lowest BCUT2D eigenvalue weighted by atomic mass is 10.2. The van der Waals surface area contributed by atoms with Gasteiger partial charge in [0.2, 0.25) is 17.8 Å². The zero-order chi connectivity index (χ0) is 25.7. The summed E-state index contributed by atoms with van der Waals surface area (Å²) in [7, 11) is 0. The van der Waals surface area contributed by atoms with E-state index in [2.05, 4.69) is 42.4 Å². The van der Waals surface area contributed by atoms with Gasteiger partial charge in [-0.3, -0.25) is 4.90 Å². The molecule has 1 fully saturated rings. The number of halogens is 1. The smallest absolute Gasteiger partial charge is 0.250 e. The average Bonchev–Trinajstić information content (AvgIpc) is 3.36. The summed E-state index contributed by atoms with van der Waals surface area (Å²) >= 11 is 3.54. The molecule has 0 radical (unpaired) electrons. The van der Waals surface area contributed by atoms with Gasteiger partial charge in [0.25, 0.3) is 0 Å². The number of hydrogen-bond acceptors (Lipinski definition) is 8. The number of nitrogens with zero attached hydrogens (tertiary/aromatic N) is 6. The second-order valence-electron chi connectivity index (χ2n) is 8.67. The van der Waals surface area contributed by atoms with E-state index in [9.17, 15) is 0 Å². The van der Waals surface area contributed by atoms with Gasteiger partial charge in [0.1, 0.15) is 0 Å². The minimum absolute atomic E-state index is 0.352. The van der Waals surface area contributed by atoms with Crippen molar-refractivity contribution in [2.75, 3.05) is 41.5 Å². The van der Waals surface area contributed by atoms with Crippen LogP contribution in [-0.4, -0.2) is 52.5 Å². The van der Waals surface area contributed by atoms with Crippen LogP contribution in [0.1, 0.15) is 5.56 Å². The summed E-state index contributed by atoms with van der Waals surface area (Å²) in [5, 5.41) is 5.54. The van der Waals surface area contributed by atoms with Gasteiger partial charge < -0.3 is 14.6 Å². The number of ether oxygens (including phenoxy) is 1. The van der Waals surface area contributed by atoms with Crippen LogP contribution >= 0.6 is 15.9 Å². The number of para-hydroxylation sites is 2. The Balaban J connectivity index is 1.38. The van der Waals surface area contributed by atoms with Crippen LogP contribution in [-0.2, 0) is 4.74 Å². The number of aromatic amines is 1. The summed E-state index contributed by atoms with van der Waals surface area (Å²) in [5.74, 6) is 1.42. The van der Waals surface area contributed by atoms with Crippen molar-refractivity contribution in [3.05, 3.63) is 95.1 Å². The van der Waals surface area contributed by atoms with Gasteiger partial charge in [0.15, 0.2) is 0 Å². The van der Waals surface area contributed by atoms with Crippen molar-refractivity contribution < 1.29 is 4.74 Å². The van der Waals surface area contributed by atoms with Gasteiger partial charge in [0.05, 0.1) is 19.4 Å². The Bertz CT molecular complexity index is 1510. The summed E-state index contributed by atoms with van der Waals surface area (Å²) in [6.07, 6.45) is 3.68. The molecule has 5 aromatic rings. The van der Waals surface area contributed by atoms with Crippen molar-refractivity contribution in [1.29, 1.82) is 0 Å². The molecule has 9 nitrogen and oxygen atoms in total. The van der Waals surface area contributed by atoms with Crippen LogP contribution in [0.4, 0.5) is 29.2 Å². The number of fused-ring (bicyclic) bond motifs is 1. The highest BCUT2D eigenvalue weighted by atomic mass is 79.9. The number of benzene rings is 3. The Morgan fingerprint density at radius 3 is 2.34 bits per heavy atom. The van der Waals surface area contributed by atoms with Crippen molar-refractivity contribution >= 4 is 62.3 Å². The number of hydrogen-bond donors (Lipinski definition) is 2. The van der Waals surface area contributed by atoms with E-state index in [4.69, 9.17) is 19.7 Å². The molecule has 1 aliphatic rings. The van der Waals surface area contributed by atoms with Crippen LogP contribution in [0.15, 0.2) is 94.6 Å². The lowest BCUT2D eigenvalue weighted by Crippen LogP contribution is -2.37. The molecule has 0 unspecified atom stereocenters. The van der Waals surface area contributed by atoms with Crippen molar-refractivity contribution in [1.82, 2.24) is 19.9 Å². The summed E-state index contributed by atoms with van der Waals surface area (Å²) < 4.78 is 6.55. The van der Waals surface area contributed by atoms with Gasteiger partial charge in [-0.15, -0.1) is 0 Å². The summed E-state index contributed by atoms with van der Waals surface area (Å²) in [5.41, 5.74) is 6.91. The number of aromatic nitrogens is 4. The van der Waals surface area contributed by atoms with E-state index >= 15 is 0 Å². The van der Waals surface area contributed by atoms with Gasteiger partial charge in [-0.05, 0) is 42.5 Å². The molecule has 0 saturated carbocycles. The van der Waals surface area contributed by atoms with E-state index in [1.807, 2.05) is 83.9 Å². The van der Waals surface area contributed by atoms with Crippen LogP contribution in [0, 0.1) is 0 Å². The lowest BCUT2D eigenvalue weighted by molar-refractivity contribution is 0.122. The first-order valence-electron chi connectivity index (χ1n) is 12.3. The van der Waals surface area contributed by atoms with E-state index in [1.54, 1.807) is 6.21 Å². The quantitative estimate of drug-likeness (QED) is 0.187. The molecule has 0 bridgehead atoms. The molecular formula is C28H25BrN8O. The topological polar surface area (TPSA) is 94.6 Å². The molecule has 2 N–H and O–H groups in total. The molecule has 190 valence electrons. The summed E-state index contributed by atoms with van der Waals surface area (Å²) in [6, 6.07) is 26.2. The van der Waals surface area contributed by atoms with Crippen molar-refractivity contribution in [2.24, 2.45) is 5.10 Å². The number of rotatable bonds is 7. The molecule has 0 atom stereocenters. The average molecular weight is 569 g/mol. The molecule has 3 aromatic carbocycles. The van der Waals surface area contributed by atoms with E-state index < -0.39 is 0 Å². The molecule has 0 spiro atoms. The largest absolute Gasteiger partial charge is 0.378 e. The van der Waals surface area contributed by atoms with Crippen molar-refractivity contribution in [2.45, 2.75) is 0 Å². The number of nitrogens with one attached hydrogen (secondary N) is 2. The fourth-order valence-corrected chi connectivity index (χ4v) is 4.68. The zero-order valence-electron chi connectivity index (χ0n) is 20.5. The Kier molecular flexibility index (Phi) is 6.97. The number of anilines is 5. The number of morpholine rings is 1. The molecule has 1 aliphatic heterocycles. The minimum atomic E-state index is 0.352. The highest BCUT2D eigenvalue weighted by Crippen LogP contribution is 2.33. The van der Waals surface area contributed by atoms with Gasteiger partial charge >= 0.3 is 0 Å². The first kappa shape index (κ1) is 24.1. The lowest BCUT2D eigenvalue weighted by Gasteiger charge is -2.28. The van der Waals surface area contributed by atoms with Crippen molar-refractivity contribution in [3.8, 4) is 0 Å². The third-order valence-corrected chi connectivity index (χ3v) is 6.67. The molecule has 6 rings (SSSR count). The summed E-state index contributed by atoms with van der Waals surface area (Å²) in [6.45, 7) is 2.65. The van der Waals surface area contributed by atoms with E-state index in [0.29, 0.717) is 44.1 Å². The van der Waals surface area contributed by atoms with Crippen LogP contribution < -0.4 is 15.2 Å². The molecule has 1 saturated heterocycles. The van der Waals surface area contributed by atoms with E-state index in [1.165, 1.54) is 0 Å². The van der Waals surface area contributed by atoms with Crippen LogP contribution in [0.2, 0.25) is 0 Å². The first-order valence-corrected chi connectivity index (χ1v) is 13.1. The second-order valence-corrected chi connectivity index (χ2v) is 9.58. The predicted molar refractivity (Wildman–Crippen MR) is 155 cm³/mol. The minimum Gasteiger partial charge on any atom is -0.378 e. The SMILES string of the molecule is Brc1ccc2[nH]cc(/C=N/Nc3nc(N4CCOCC4)nc(N(c4ccccc4)c4ccccc4)n3)c2c1. The fourth-order valence-electron chi connectivity index (χ4n) is 4.32. The maximum atomic E-state index is 5.55. The fraction of sp³-hybridized carbons (Fsp3) is 0.143. The maximum Gasteiger partial charge on any atom is 0.250 e. The molecule has 38 heavy (non-hydrogen) atoms. The van der Waals surface area contributed by atoms with E-state index in [-0.39, 0.29) is 0 Å². The van der Waals surface area contributed by atoms with Gasteiger partial charge in [0, 0.05) is 51.6 Å². The monoisotopic (exact) mass is 568 g/mol. The molecule has 2 aromatic heterocycles. The van der Waals surface area contributed by atoms with Crippen LogP contribution in [0.5, 0.6) is 0 Å². The molecule has 3 heterocycles. The van der Waals surface area contributed by atoms with E-state index in [0.717, 1.165) is 32.3 Å². The molecule has 0 amide bonds. The highest BCUT2D eigenvalue weighted by molar-refractivity contribution is 9.10. The van der Waals surface area contributed by atoms with Crippen molar-refractivity contribution in [3.63, 3.8) is 0 Å². The predicted octanol–water partition coefficient (Wildman–Crippen LogP) is 5.87. The third kappa shape index (κ3) is 5.22. The third-order valence-electron chi connectivity index (χ3n) is 6.18. The first-order chi connectivity index (χ1) is 18.7. The molecule has 10 heteroatoms. The highest BCUT2D eigenvalue weighted by Gasteiger charge is 2.21. The molecule has 0 aliphatic carbocycles. The Morgan fingerprint density at radius 2 is 1.63 bits per heavy atom.